The molecule has 2 aromatic rings. The fourth-order valence-corrected chi connectivity index (χ4v) is 3.49. The molecule has 11 heteroatoms. The van der Waals surface area contributed by atoms with E-state index in [-0.39, 0.29) is 25.6 Å². The zero-order valence-electron chi connectivity index (χ0n) is 17.7. The first-order chi connectivity index (χ1) is 16.0. The molecule has 5 nitrogen and oxygen atoms in total. The number of nitriles is 1. The van der Waals surface area contributed by atoms with Gasteiger partial charge in [-0.2, -0.15) is 31.6 Å². The Morgan fingerprint density at radius 1 is 1.00 bits per heavy atom. The Morgan fingerprint density at radius 2 is 1.62 bits per heavy atom. The Labute approximate surface area is 191 Å². The molecular formula is C23H20F6N2O3. The molecule has 1 amide bonds. The third kappa shape index (κ3) is 6.56. The van der Waals surface area contributed by atoms with Crippen LogP contribution in [-0.2, 0) is 4.74 Å². The van der Waals surface area contributed by atoms with Gasteiger partial charge in [0.25, 0.3) is 6.10 Å². The summed E-state index contributed by atoms with van der Waals surface area (Å²) in [6, 6.07) is 16.3. The maximum absolute atomic E-state index is 12.6. The summed E-state index contributed by atoms with van der Waals surface area (Å²) in [4.78, 5) is 12.7. The van der Waals surface area contributed by atoms with Crippen LogP contribution in [0.15, 0.2) is 48.5 Å². The van der Waals surface area contributed by atoms with Crippen molar-refractivity contribution in [1.29, 1.82) is 5.26 Å². The van der Waals surface area contributed by atoms with Gasteiger partial charge >= 0.3 is 18.4 Å². The normalized spacial score (nSPS) is 15.2. The number of benzene rings is 2. The molecule has 0 spiro atoms. The Kier molecular flexibility index (Phi) is 7.59. The molecule has 0 unspecified atom stereocenters. The van der Waals surface area contributed by atoms with Crippen molar-refractivity contribution < 1.29 is 40.6 Å². The average Bonchev–Trinajstić information content (AvgIpc) is 2.80. The van der Waals surface area contributed by atoms with Gasteiger partial charge in [-0.3, -0.25) is 0 Å². The summed E-state index contributed by atoms with van der Waals surface area (Å²) in [5.41, 5.74) is 2.31. The van der Waals surface area contributed by atoms with E-state index in [2.05, 4.69) is 4.74 Å². The van der Waals surface area contributed by atoms with E-state index in [1.165, 1.54) is 0 Å². The van der Waals surface area contributed by atoms with Gasteiger partial charge in [-0.25, -0.2) is 4.79 Å². The van der Waals surface area contributed by atoms with Crippen molar-refractivity contribution in [2.45, 2.75) is 31.3 Å². The number of alkyl halides is 6. The van der Waals surface area contributed by atoms with Crippen LogP contribution in [0.25, 0.3) is 11.1 Å². The van der Waals surface area contributed by atoms with Crippen LogP contribution in [0.1, 0.15) is 18.4 Å². The summed E-state index contributed by atoms with van der Waals surface area (Å²) < 4.78 is 85.1. The van der Waals surface area contributed by atoms with Crippen molar-refractivity contribution in [2.24, 2.45) is 5.92 Å². The van der Waals surface area contributed by atoms with Gasteiger partial charge in [0.15, 0.2) is 0 Å². The minimum absolute atomic E-state index is 0.0383. The highest BCUT2D eigenvalue weighted by atomic mass is 19.4. The van der Waals surface area contributed by atoms with Crippen LogP contribution >= 0.6 is 0 Å². The quantitative estimate of drug-likeness (QED) is 0.491. The van der Waals surface area contributed by atoms with Gasteiger partial charge in [0, 0.05) is 13.1 Å². The fourth-order valence-electron chi connectivity index (χ4n) is 3.49. The molecule has 1 heterocycles. The standard InChI is InChI=1S/C23H20F6N2O3/c24-22(25,26)20(23(27,28)29)34-21(32)31-10-8-16(9-11-31)14-33-19-3-1-2-18(12-19)17-6-4-15(13-30)5-7-17/h1-7,12,16,20H,8-11,14H2. The molecule has 1 saturated heterocycles. The Balaban J connectivity index is 1.51. The predicted octanol–water partition coefficient (Wildman–Crippen LogP) is 5.95. The molecule has 0 atom stereocenters. The second-order valence-corrected chi connectivity index (χ2v) is 7.81. The van der Waals surface area contributed by atoms with Crippen molar-refractivity contribution in [3.05, 3.63) is 54.1 Å². The van der Waals surface area contributed by atoms with Crippen LogP contribution in [-0.4, -0.2) is 49.1 Å². The molecule has 34 heavy (non-hydrogen) atoms. The topological polar surface area (TPSA) is 62.6 Å². The number of nitrogens with zero attached hydrogens (tertiary/aromatic N) is 2. The predicted molar refractivity (Wildman–Crippen MR) is 109 cm³/mol. The molecule has 2 aromatic carbocycles. The number of carbonyl (C=O) groups excluding carboxylic acids is 1. The molecule has 1 aliphatic heterocycles. The Bertz CT molecular complexity index is 1010. The monoisotopic (exact) mass is 486 g/mol. The number of amides is 1. The van der Waals surface area contributed by atoms with Gasteiger partial charge in [0.05, 0.1) is 18.2 Å². The molecule has 1 aliphatic rings. The second-order valence-electron chi connectivity index (χ2n) is 7.81. The van der Waals surface area contributed by atoms with E-state index in [1.807, 2.05) is 30.3 Å². The molecule has 1 fully saturated rings. The van der Waals surface area contributed by atoms with Gasteiger partial charge in [-0.1, -0.05) is 24.3 Å². The van der Waals surface area contributed by atoms with Crippen LogP contribution in [0, 0.1) is 17.2 Å². The summed E-state index contributed by atoms with van der Waals surface area (Å²) in [6.45, 7) is 0.189. The SMILES string of the molecule is N#Cc1ccc(-c2cccc(OCC3CCN(C(=O)OC(C(F)(F)F)C(F)(F)F)CC3)c2)cc1. The molecular weight excluding hydrogens is 466 g/mol. The lowest BCUT2D eigenvalue weighted by Gasteiger charge is -2.33. The number of hydrogen-bond donors (Lipinski definition) is 0. The zero-order valence-corrected chi connectivity index (χ0v) is 17.7. The fraction of sp³-hybridized carbons (Fsp3) is 0.391. The summed E-state index contributed by atoms with van der Waals surface area (Å²) >= 11 is 0. The van der Waals surface area contributed by atoms with Crippen molar-refractivity contribution in [3.8, 4) is 22.9 Å². The van der Waals surface area contributed by atoms with Crippen molar-refractivity contribution in [3.63, 3.8) is 0 Å². The molecule has 0 saturated carbocycles. The largest absolute Gasteiger partial charge is 0.493 e. The van der Waals surface area contributed by atoms with Crippen LogP contribution in [0.3, 0.4) is 0 Å². The first-order valence-corrected chi connectivity index (χ1v) is 10.3. The summed E-state index contributed by atoms with van der Waals surface area (Å²) in [5.74, 6) is 0.547. The molecule has 0 aliphatic carbocycles. The Hall–Kier alpha value is -3.42. The first-order valence-electron chi connectivity index (χ1n) is 10.3. The molecule has 0 N–H and O–H groups in total. The number of piperidine rings is 1. The van der Waals surface area contributed by atoms with Crippen LogP contribution < -0.4 is 4.74 Å². The summed E-state index contributed by atoms with van der Waals surface area (Å²) in [6.07, 6.45) is -16.6. The third-order valence-electron chi connectivity index (χ3n) is 5.35. The number of likely N-dealkylation sites (tertiary alicyclic amines) is 1. The average molecular weight is 486 g/mol. The smallest absolute Gasteiger partial charge is 0.434 e. The molecule has 182 valence electrons. The van der Waals surface area contributed by atoms with E-state index in [0.717, 1.165) is 16.0 Å². The van der Waals surface area contributed by atoms with E-state index < -0.39 is 24.5 Å². The van der Waals surface area contributed by atoms with Gasteiger partial charge < -0.3 is 14.4 Å². The van der Waals surface area contributed by atoms with Crippen molar-refractivity contribution >= 4 is 6.09 Å². The molecule has 0 bridgehead atoms. The van der Waals surface area contributed by atoms with Crippen molar-refractivity contribution in [1.82, 2.24) is 4.90 Å². The number of rotatable bonds is 5. The van der Waals surface area contributed by atoms with Crippen molar-refractivity contribution in [2.75, 3.05) is 19.7 Å². The van der Waals surface area contributed by atoms with E-state index in [1.54, 1.807) is 24.3 Å². The molecule has 0 radical (unpaired) electrons. The zero-order chi connectivity index (χ0) is 24.9. The lowest BCUT2D eigenvalue weighted by Crippen LogP contribution is -2.49. The maximum Gasteiger partial charge on any atom is 0.434 e. The van der Waals surface area contributed by atoms with E-state index in [4.69, 9.17) is 10.00 Å². The van der Waals surface area contributed by atoms with Gasteiger partial charge in [-0.15, -0.1) is 0 Å². The van der Waals surface area contributed by atoms with Gasteiger partial charge in [0.2, 0.25) is 0 Å². The first kappa shape index (κ1) is 25.2. The highest BCUT2D eigenvalue weighted by molar-refractivity contribution is 5.68. The molecule has 3 rings (SSSR count). The van der Waals surface area contributed by atoms with E-state index in [0.29, 0.717) is 24.2 Å². The highest BCUT2D eigenvalue weighted by Crippen LogP contribution is 2.36. The highest BCUT2D eigenvalue weighted by Gasteiger charge is 2.60. The van der Waals surface area contributed by atoms with Crippen LogP contribution in [0.2, 0.25) is 0 Å². The lowest BCUT2D eigenvalue weighted by molar-refractivity contribution is -0.308. The number of ether oxygens (including phenoxy) is 2. The summed E-state index contributed by atoms with van der Waals surface area (Å²) in [7, 11) is 0. The third-order valence-corrected chi connectivity index (χ3v) is 5.35. The van der Waals surface area contributed by atoms with Gasteiger partial charge in [0.1, 0.15) is 5.75 Å². The number of hydrogen-bond acceptors (Lipinski definition) is 4. The summed E-state index contributed by atoms with van der Waals surface area (Å²) in [5, 5.41) is 8.90. The number of halogens is 6. The van der Waals surface area contributed by atoms with E-state index >= 15 is 0 Å². The number of carbonyl (C=O) groups is 1. The van der Waals surface area contributed by atoms with Crippen LogP contribution in [0.4, 0.5) is 31.1 Å². The maximum atomic E-state index is 12.6. The second kappa shape index (κ2) is 10.2. The van der Waals surface area contributed by atoms with Gasteiger partial charge in [-0.05, 0) is 54.2 Å². The van der Waals surface area contributed by atoms with Crippen LogP contribution in [0.5, 0.6) is 5.75 Å². The van der Waals surface area contributed by atoms with E-state index in [9.17, 15) is 31.1 Å². The lowest BCUT2D eigenvalue weighted by atomic mass is 9.98. The minimum Gasteiger partial charge on any atom is -0.493 e. The Morgan fingerprint density at radius 3 is 2.18 bits per heavy atom. The minimum atomic E-state index is -5.74. The molecule has 0 aromatic heterocycles.